The molecule has 4 heteroatoms. The van der Waals surface area contributed by atoms with Gasteiger partial charge >= 0.3 is 0 Å². The van der Waals surface area contributed by atoms with Gasteiger partial charge in [0.15, 0.2) is 5.82 Å². The number of hydrogen-bond acceptors (Lipinski definition) is 3. The van der Waals surface area contributed by atoms with Crippen LogP contribution in [0.5, 0.6) is 0 Å². The highest BCUT2D eigenvalue weighted by molar-refractivity contribution is 6.29. The summed E-state index contributed by atoms with van der Waals surface area (Å²) >= 11 is 5.70. The van der Waals surface area contributed by atoms with E-state index in [4.69, 9.17) is 16.3 Å². The van der Waals surface area contributed by atoms with Gasteiger partial charge in [-0.05, 0) is 12.5 Å². The molecule has 0 spiro atoms. The molecule has 1 aromatic rings. The molecule has 0 aromatic carbocycles. The SMILES string of the molecule is CCC(OC)c1nccc(Cl)n1. The van der Waals surface area contributed by atoms with E-state index in [0.29, 0.717) is 11.0 Å². The molecule has 1 atom stereocenters. The average Bonchev–Trinajstić information content (AvgIpc) is 2.07. The minimum Gasteiger partial charge on any atom is -0.373 e. The van der Waals surface area contributed by atoms with Crippen LogP contribution in [-0.2, 0) is 4.74 Å². The number of ether oxygens (including phenoxy) is 1. The lowest BCUT2D eigenvalue weighted by atomic mass is 10.2. The molecular weight excluding hydrogens is 176 g/mol. The zero-order chi connectivity index (χ0) is 8.97. The van der Waals surface area contributed by atoms with Crippen molar-refractivity contribution in [1.82, 2.24) is 9.97 Å². The summed E-state index contributed by atoms with van der Waals surface area (Å²) in [5, 5.41) is 0.454. The summed E-state index contributed by atoms with van der Waals surface area (Å²) in [6.07, 6.45) is 2.42. The van der Waals surface area contributed by atoms with E-state index in [9.17, 15) is 0 Å². The number of nitrogens with zero attached hydrogens (tertiary/aromatic N) is 2. The maximum absolute atomic E-state index is 5.70. The van der Waals surface area contributed by atoms with Crippen molar-refractivity contribution < 1.29 is 4.74 Å². The van der Waals surface area contributed by atoms with Crippen LogP contribution in [0.3, 0.4) is 0 Å². The first-order chi connectivity index (χ1) is 5.77. The van der Waals surface area contributed by atoms with E-state index in [1.807, 2.05) is 6.92 Å². The van der Waals surface area contributed by atoms with Crippen LogP contribution in [0.4, 0.5) is 0 Å². The summed E-state index contributed by atoms with van der Waals surface area (Å²) in [6, 6.07) is 1.65. The van der Waals surface area contributed by atoms with Crippen LogP contribution in [0.2, 0.25) is 5.15 Å². The second kappa shape index (κ2) is 4.38. The monoisotopic (exact) mass is 186 g/mol. The molecule has 0 aliphatic heterocycles. The quantitative estimate of drug-likeness (QED) is 0.679. The first kappa shape index (κ1) is 9.42. The highest BCUT2D eigenvalue weighted by Crippen LogP contribution is 2.16. The van der Waals surface area contributed by atoms with Gasteiger partial charge in [-0.1, -0.05) is 18.5 Å². The Morgan fingerprint density at radius 3 is 2.92 bits per heavy atom. The van der Waals surface area contributed by atoms with Gasteiger partial charge in [0.05, 0.1) is 0 Å². The third kappa shape index (κ3) is 2.16. The lowest BCUT2D eigenvalue weighted by molar-refractivity contribution is 0.0926. The molecule has 0 fully saturated rings. The lowest BCUT2D eigenvalue weighted by Crippen LogP contribution is -2.04. The fraction of sp³-hybridized carbons (Fsp3) is 0.500. The predicted molar refractivity (Wildman–Crippen MR) is 47.1 cm³/mol. The Labute approximate surface area is 76.7 Å². The van der Waals surface area contributed by atoms with Gasteiger partial charge in [-0.25, -0.2) is 9.97 Å². The zero-order valence-electron chi connectivity index (χ0n) is 7.12. The summed E-state index contributed by atoms with van der Waals surface area (Å²) < 4.78 is 5.16. The lowest BCUT2D eigenvalue weighted by Gasteiger charge is -2.10. The van der Waals surface area contributed by atoms with Crippen molar-refractivity contribution in [2.24, 2.45) is 0 Å². The molecule has 0 saturated carbocycles. The molecule has 0 bridgehead atoms. The molecule has 66 valence electrons. The van der Waals surface area contributed by atoms with Gasteiger partial charge in [0, 0.05) is 13.3 Å². The summed E-state index contributed by atoms with van der Waals surface area (Å²) in [6.45, 7) is 2.01. The summed E-state index contributed by atoms with van der Waals surface area (Å²) in [4.78, 5) is 8.11. The first-order valence-corrected chi connectivity index (χ1v) is 4.17. The molecule has 12 heavy (non-hydrogen) atoms. The van der Waals surface area contributed by atoms with Crippen molar-refractivity contribution in [2.45, 2.75) is 19.4 Å². The highest BCUT2D eigenvalue weighted by Gasteiger charge is 2.10. The molecule has 1 heterocycles. The van der Waals surface area contributed by atoms with Crippen molar-refractivity contribution in [3.63, 3.8) is 0 Å². The maximum Gasteiger partial charge on any atom is 0.158 e. The van der Waals surface area contributed by atoms with Gasteiger partial charge in [-0.2, -0.15) is 0 Å². The van der Waals surface area contributed by atoms with E-state index in [2.05, 4.69) is 9.97 Å². The Bertz CT molecular complexity index is 251. The Morgan fingerprint density at radius 2 is 2.42 bits per heavy atom. The minimum atomic E-state index is -0.0521. The fourth-order valence-corrected chi connectivity index (χ4v) is 1.10. The number of halogens is 1. The normalized spacial score (nSPS) is 12.9. The zero-order valence-corrected chi connectivity index (χ0v) is 7.88. The van der Waals surface area contributed by atoms with Crippen molar-refractivity contribution >= 4 is 11.6 Å². The molecule has 1 unspecified atom stereocenters. The van der Waals surface area contributed by atoms with Crippen LogP contribution < -0.4 is 0 Å². The molecule has 0 aliphatic carbocycles. The second-order valence-electron chi connectivity index (χ2n) is 2.37. The number of methoxy groups -OCH3 is 1. The number of hydrogen-bond donors (Lipinski definition) is 0. The van der Waals surface area contributed by atoms with E-state index in [-0.39, 0.29) is 6.10 Å². The summed E-state index contributed by atoms with van der Waals surface area (Å²) in [5.74, 6) is 0.646. The third-order valence-corrected chi connectivity index (χ3v) is 1.79. The van der Waals surface area contributed by atoms with E-state index >= 15 is 0 Å². The van der Waals surface area contributed by atoms with Gasteiger partial charge < -0.3 is 4.74 Å². The van der Waals surface area contributed by atoms with Crippen molar-refractivity contribution in [1.29, 1.82) is 0 Å². The van der Waals surface area contributed by atoms with Crippen LogP contribution in [0.15, 0.2) is 12.3 Å². The van der Waals surface area contributed by atoms with Crippen LogP contribution in [0, 0.1) is 0 Å². The number of rotatable bonds is 3. The van der Waals surface area contributed by atoms with E-state index in [0.717, 1.165) is 6.42 Å². The number of aromatic nitrogens is 2. The highest BCUT2D eigenvalue weighted by atomic mass is 35.5. The molecule has 0 radical (unpaired) electrons. The fourth-order valence-electron chi connectivity index (χ4n) is 0.960. The van der Waals surface area contributed by atoms with Crippen LogP contribution in [0.1, 0.15) is 25.3 Å². The second-order valence-corrected chi connectivity index (χ2v) is 2.76. The molecule has 0 N–H and O–H groups in total. The minimum absolute atomic E-state index is 0.0521. The standard InChI is InChI=1S/C8H11ClN2O/c1-3-6(12-2)8-10-5-4-7(9)11-8/h4-6H,3H2,1-2H3. The molecular formula is C8H11ClN2O. The van der Waals surface area contributed by atoms with E-state index in [1.165, 1.54) is 0 Å². The van der Waals surface area contributed by atoms with Crippen LogP contribution in [-0.4, -0.2) is 17.1 Å². The van der Waals surface area contributed by atoms with Gasteiger partial charge in [0.25, 0.3) is 0 Å². The van der Waals surface area contributed by atoms with E-state index < -0.39 is 0 Å². The molecule has 0 amide bonds. The molecule has 1 rings (SSSR count). The van der Waals surface area contributed by atoms with Gasteiger partial charge in [0.2, 0.25) is 0 Å². The molecule has 3 nitrogen and oxygen atoms in total. The molecule has 1 aromatic heterocycles. The van der Waals surface area contributed by atoms with Gasteiger partial charge in [-0.3, -0.25) is 0 Å². The average molecular weight is 187 g/mol. The smallest absolute Gasteiger partial charge is 0.158 e. The molecule has 0 aliphatic rings. The first-order valence-electron chi connectivity index (χ1n) is 3.79. The summed E-state index contributed by atoms with van der Waals surface area (Å²) in [7, 11) is 1.64. The Morgan fingerprint density at radius 1 is 1.67 bits per heavy atom. The van der Waals surface area contributed by atoms with E-state index in [1.54, 1.807) is 19.4 Å². The Kier molecular flexibility index (Phi) is 3.44. The van der Waals surface area contributed by atoms with Crippen molar-refractivity contribution in [3.05, 3.63) is 23.2 Å². The maximum atomic E-state index is 5.70. The Balaban J connectivity index is 2.85. The van der Waals surface area contributed by atoms with Gasteiger partial charge in [0.1, 0.15) is 11.3 Å². The van der Waals surface area contributed by atoms with Crippen molar-refractivity contribution in [3.8, 4) is 0 Å². The van der Waals surface area contributed by atoms with Crippen LogP contribution >= 0.6 is 11.6 Å². The van der Waals surface area contributed by atoms with Gasteiger partial charge in [-0.15, -0.1) is 0 Å². The topological polar surface area (TPSA) is 35.0 Å². The predicted octanol–water partition coefficient (Wildman–Crippen LogP) is 2.23. The van der Waals surface area contributed by atoms with Crippen molar-refractivity contribution in [2.75, 3.05) is 7.11 Å². The largest absolute Gasteiger partial charge is 0.373 e. The van der Waals surface area contributed by atoms with Crippen LogP contribution in [0.25, 0.3) is 0 Å². The third-order valence-electron chi connectivity index (χ3n) is 1.58. The molecule has 0 saturated heterocycles. The Hall–Kier alpha value is -0.670. The summed E-state index contributed by atoms with van der Waals surface area (Å²) in [5.41, 5.74) is 0.